The molecule has 3 aromatic rings. The third kappa shape index (κ3) is 4.23. The van der Waals surface area contributed by atoms with Crippen molar-refractivity contribution in [1.29, 1.82) is 0 Å². The monoisotopic (exact) mass is 341 g/mol. The number of carbonyl (C=O) groups excluding carboxylic acids is 1. The molecule has 0 aliphatic heterocycles. The zero-order chi connectivity index (χ0) is 17.6. The molecule has 2 heterocycles. The van der Waals surface area contributed by atoms with Gasteiger partial charge >= 0.3 is 0 Å². The van der Waals surface area contributed by atoms with E-state index in [1.54, 1.807) is 0 Å². The molecule has 2 aromatic heterocycles. The van der Waals surface area contributed by atoms with Gasteiger partial charge in [-0.1, -0.05) is 31.1 Å². The van der Waals surface area contributed by atoms with Crippen molar-refractivity contribution in [2.45, 2.75) is 52.0 Å². The van der Waals surface area contributed by atoms with Crippen LogP contribution in [0.5, 0.6) is 0 Å². The van der Waals surface area contributed by atoms with E-state index in [0.717, 1.165) is 29.7 Å². The van der Waals surface area contributed by atoms with Gasteiger partial charge in [0, 0.05) is 19.3 Å². The standard InChI is InChI=1S/C18H23N5O2/c1-3-12(18-20-13-8-5-6-9-14(13)21-18)19-16(24)10-7-11-17-22-15(4-2)23-25-17/h5-6,8-9,12H,3-4,7,10-11H2,1-2H3,(H,19,24)(H,20,21)/t12-/m0/s1. The lowest BCUT2D eigenvalue weighted by Gasteiger charge is -2.14. The number of para-hydroxylation sites is 2. The predicted molar refractivity (Wildman–Crippen MR) is 93.9 cm³/mol. The fraction of sp³-hybridized carbons (Fsp3) is 0.444. The Bertz CT molecular complexity index is 806. The molecule has 0 spiro atoms. The topological polar surface area (TPSA) is 96.7 Å². The second-order valence-electron chi connectivity index (χ2n) is 5.98. The van der Waals surface area contributed by atoms with Gasteiger partial charge in [0.1, 0.15) is 5.82 Å². The molecule has 0 aliphatic rings. The molecule has 1 atom stereocenters. The number of H-pyrrole nitrogens is 1. The molecule has 3 rings (SSSR count). The second-order valence-corrected chi connectivity index (χ2v) is 5.98. The molecule has 0 radical (unpaired) electrons. The second kappa shape index (κ2) is 7.92. The number of fused-ring (bicyclic) bond motifs is 1. The highest BCUT2D eigenvalue weighted by molar-refractivity contribution is 5.77. The number of nitrogens with one attached hydrogen (secondary N) is 2. The number of amides is 1. The molecule has 0 saturated heterocycles. The molecule has 0 fully saturated rings. The van der Waals surface area contributed by atoms with E-state index in [4.69, 9.17) is 4.52 Å². The first-order valence-corrected chi connectivity index (χ1v) is 8.75. The Kier molecular flexibility index (Phi) is 5.42. The Morgan fingerprint density at radius 1 is 1.28 bits per heavy atom. The largest absolute Gasteiger partial charge is 0.346 e. The van der Waals surface area contributed by atoms with Gasteiger partial charge in [-0.05, 0) is 25.0 Å². The van der Waals surface area contributed by atoms with E-state index in [0.29, 0.717) is 31.0 Å². The van der Waals surface area contributed by atoms with Gasteiger partial charge in [0.2, 0.25) is 11.8 Å². The minimum Gasteiger partial charge on any atom is -0.346 e. The SMILES string of the molecule is CCc1noc(CCCC(=O)N[C@@H](CC)c2nc3ccccc3[nH]2)n1. The van der Waals surface area contributed by atoms with Crippen molar-refractivity contribution in [1.82, 2.24) is 25.4 Å². The van der Waals surface area contributed by atoms with Crippen molar-refractivity contribution in [3.63, 3.8) is 0 Å². The molecule has 1 amide bonds. The van der Waals surface area contributed by atoms with Gasteiger partial charge in [0.25, 0.3) is 0 Å². The Labute approximate surface area is 146 Å². The molecule has 2 N–H and O–H groups in total. The summed E-state index contributed by atoms with van der Waals surface area (Å²) in [5.41, 5.74) is 1.89. The summed E-state index contributed by atoms with van der Waals surface area (Å²) in [6.45, 7) is 4.01. The highest BCUT2D eigenvalue weighted by atomic mass is 16.5. The molecule has 25 heavy (non-hydrogen) atoms. The van der Waals surface area contributed by atoms with Gasteiger partial charge in [-0.2, -0.15) is 4.98 Å². The van der Waals surface area contributed by atoms with Crippen molar-refractivity contribution < 1.29 is 9.32 Å². The number of aryl methyl sites for hydroxylation is 2. The average Bonchev–Trinajstić information content (AvgIpc) is 3.26. The van der Waals surface area contributed by atoms with Crippen LogP contribution in [0.4, 0.5) is 0 Å². The van der Waals surface area contributed by atoms with Crippen molar-refractivity contribution in [2.75, 3.05) is 0 Å². The first-order valence-electron chi connectivity index (χ1n) is 8.75. The zero-order valence-corrected chi connectivity index (χ0v) is 14.6. The van der Waals surface area contributed by atoms with Gasteiger partial charge < -0.3 is 14.8 Å². The molecule has 0 bridgehead atoms. The summed E-state index contributed by atoms with van der Waals surface area (Å²) in [5, 5.41) is 6.90. The van der Waals surface area contributed by atoms with Crippen LogP contribution in [0.2, 0.25) is 0 Å². The Hall–Kier alpha value is -2.70. The number of benzene rings is 1. The third-order valence-corrected chi connectivity index (χ3v) is 4.10. The average molecular weight is 341 g/mol. The summed E-state index contributed by atoms with van der Waals surface area (Å²) < 4.78 is 5.13. The summed E-state index contributed by atoms with van der Waals surface area (Å²) in [6.07, 6.45) is 3.23. The quantitative estimate of drug-likeness (QED) is 0.656. The fourth-order valence-electron chi connectivity index (χ4n) is 2.70. The molecule has 7 heteroatoms. The van der Waals surface area contributed by atoms with Crippen molar-refractivity contribution in [2.24, 2.45) is 0 Å². The molecular formula is C18H23N5O2. The van der Waals surface area contributed by atoms with Crippen LogP contribution >= 0.6 is 0 Å². The number of aromatic nitrogens is 4. The lowest BCUT2D eigenvalue weighted by molar-refractivity contribution is -0.122. The first-order chi connectivity index (χ1) is 12.2. The van der Waals surface area contributed by atoms with Crippen molar-refractivity contribution in [3.8, 4) is 0 Å². The Morgan fingerprint density at radius 3 is 2.84 bits per heavy atom. The lowest BCUT2D eigenvalue weighted by atomic mass is 10.2. The van der Waals surface area contributed by atoms with E-state index >= 15 is 0 Å². The Morgan fingerprint density at radius 2 is 2.12 bits per heavy atom. The maximum atomic E-state index is 12.2. The number of carbonyl (C=O) groups is 1. The first kappa shape index (κ1) is 17.1. The highest BCUT2D eigenvalue weighted by Crippen LogP contribution is 2.18. The van der Waals surface area contributed by atoms with E-state index in [2.05, 4.69) is 25.4 Å². The van der Waals surface area contributed by atoms with Gasteiger partial charge in [-0.25, -0.2) is 4.98 Å². The Balaban J connectivity index is 1.53. The van der Waals surface area contributed by atoms with Crippen molar-refractivity contribution >= 4 is 16.9 Å². The molecule has 0 unspecified atom stereocenters. The summed E-state index contributed by atoms with van der Waals surface area (Å²) in [5.74, 6) is 2.09. The smallest absolute Gasteiger partial charge is 0.226 e. The number of hydrogen-bond donors (Lipinski definition) is 2. The lowest BCUT2D eigenvalue weighted by Crippen LogP contribution is -2.28. The zero-order valence-electron chi connectivity index (χ0n) is 14.6. The molecule has 132 valence electrons. The summed E-state index contributed by atoms with van der Waals surface area (Å²) in [7, 11) is 0. The maximum Gasteiger partial charge on any atom is 0.226 e. The van der Waals surface area contributed by atoms with Crippen LogP contribution < -0.4 is 5.32 Å². The number of imidazole rings is 1. The summed E-state index contributed by atoms with van der Waals surface area (Å²) >= 11 is 0. The summed E-state index contributed by atoms with van der Waals surface area (Å²) in [6, 6.07) is 7.74. The number of rotatable bonds is 8. The summed E-state index contributed by atoms with van der Waals surface area (Å²) in [4.78, 5) is 24.3. The molecule has 7 nitrogen and oxygen atoms in total. The van der Waals surface area contributed by atoms with Crippen LogP contribution in [-0.4, -0.2) is 26.0 Å². The number of nitrogens with zero attached hydrogens (tertiary/aromatic N) is 3. The predicted octanol–water partition coefficient (Wildman–Crippen LogP) is 3.10. The van der Waals surface area contributed by atoms with Gasteiger partial charge in [-0.15, -0.1) is 0 Å². The van der Waals surface area contributed by atoms with Crippen LogP contribution in [0.15, 0.2) is 28.8 Å². The van der Waals surface area contributed by atoms with E-state index in [1.165, 1.54) is 0 Å². The van der Waals surface area contributed by atoms with E-state index in [-0.39, 0.29) is 11.9 Å². The van der Waals surface area contributed by atoms with Crippen LogP contribution in [0.1, 0.15) is 56.7 Å². The van der Waals surface area contributed by atoms with Gasteiger partial charge in [-0.3, -0.25) is 4.79 Å². The maximum absolute atomic E-state index is 12.2. The molecule has 0 saturated carbocycles. The van der Waals surface area contributed by atoms with Crippen molar-refractivity contribution in [3.05, 3.63) is 41.8 Å². The van der Waals surface area contributed by atoms with E-state index < -0.39 is 0 Å². The number of hydrogen-bond acceptors (Lipinski definition) is 5. The van der Waals surface area contributed by atoms with E-state index in [9.17, 15) is 4.79 Å². The molecule has 0 aliphatic carbocycles. The van der Waals surface area contributed by atoms with Crippen LogP contribution in [-0.2, 0) is 17.6 Å². The van der Waals surface area contributed by atoms with Crippen LogP contribution in [0.3, 0.4) is 0 Å². The van der Waals surface area contributed by atoms with E-state index in [1.807, 2.05) is 38.1 Å². The number of aromatic amines is 1. The highest BCUT2D eigenvalue weighted by Gasteiger charge is 2.16. The minimum atomic E-state index is -0.116. The molecule has 1 aromatic carbocycles. The normalized spacial score (nSPS) is 12.4. The minimum absolute atomic E-state index is 0.00235. The van der Waals surface area contributed by atoms with Crippen LogP contribution in [0.25, 0.3) is 11.0 Å². The van der Waals surface area contributed by atoms with Crippen LogP contribution in [0, 0.1) is 0 Å². The van der Waals surface area contributed by atoms with Gasteiger partial charge in [0.05, 0.1) is 17.1 Å². The third-order valence-electron chi connectivity index (χ3n) is 4.10. The fourth-order valence-corrected chi connectivity index (χ4v) is 2.70. The molecular weight excluding hydrogens is 318 g/mol. The van der Waals surface area contributed by atoms with Gasteiger partial charge in [0.15, 0.2) is 5.82 Å².